The summed E-state index contributed by atoms with van der Waals surface area (Å²) in [5, 5.41) is 9.20. The van der Waals surface area contributed by atoms with E-state index in [0.717, 1.165) is 31.9 Å². The topological polar surface area (TPSA) is 74.8 Å². The Labute approximate surface area is 129 Å². The number of aliphatic imine (C=N–C) groups is 1. The van der Waals surface area contributed by atoms with Crippen LogP contribution in [0.1, 0.15) is 47.5 Å². The lowest BCUT2D eigenvalue weighted by molar-refractivity contribution is 0.0527. The fourth-order valence-corrected chi connectivity index (χ4v) is 1.50. The number of nitrogens with one attached hydrogen (secondary N) is 3. The molecule has 0 spiro atoms. The Kier molecular flexibility index (Phi) is 9.58. The van der Waals surface area contributed by atoms with E-state index >= 15 is 0 Å². The maximum atomic E-state index is 11.4. The van der Waals surface area contributed by atoms with Crippen LogP contribution in [-0.2, 0) is 4.74 Å². The van der Waals surface area contributed by atoms with E-state index in [-0.39, 0.29) is 6.09 Å². The van der Waals surface area contributed by atoms with Crippen LogP contribution in [-0.4, -0.2) is 44.3 Å². The first-order valence-corrected chi connectivity index (χ1v) is 7.66. The Balaban J connectivity index is 3.67. The molecule has 0 fully saturated rings. The summed E-state index contributed by atoms with van der Waals surface area (Å²) in [7, 11) is 1.75. The average Bonchev–Trinajstić information content (AvgIpc) is 2.33. The summed E-state index contributed by atoms with van der Waals surface area (Å²) < 4.78 is 5.16. The Morgan fingerprint density at radius 2 is 1.67 bits per heavy atom. The number of alkyl carbamates (subject to hydrolysis) is 1. The van der Waals surface area contributed by atoms with Gasteiger partial charge in [-0.2, -0.15) is 0 Å². The van der Waals surface area contributed by atoms with Gasteiger partial charge in [-0.05, 0) is 39.5 Å². The van der Waals surface area contributed by atoms with Crippen molar-refractivity contribution in [2.24, 2.45) is 10.9 Å². The third-order valence-electron chi connectivity index (χ3n) is 2.55. The van der Waals surface area contributed by atoms with E-state index < -0.39 is 5.60 Å². The normalized spacial score (nSPS) is 12.2. The number of amides is 1. The minimum atomic E-state index is -0.454. The Morgan fingerprint density at radius 3 is 2.19 bits per heavy atom. The summed E-state index contributed by atoms with van der Waals surface area (Å²) in [5.74, 6) is 1.47. The number of rotatable bonds is 7. The highest BCUT2D eigenvalue weighted by molar-refractivity contribution is 5.79. The van der Waals surface area contributed by atoms with Gasteiger partial charge in [0.1, 0.15) is 5.60 Å². The van der Waals surface area contributed by atoms with E-state index in [2.05, 4.69) is 34.8 Å². The molecule has 0 unspecified atom stereocenters. The fraction of sp³-hybridized carbons (Fsp3) is 0.867. The highest BCUT2D eigenvalue weighted by Gasteiger charge is 2.15. The zero-order valence-electron chi connectivity index (χ0n) is 14.4. The average molecular weight is 300 g/mol. The largest absolute Gasteiger partial charge is 0.444 e. The number of ether oxygens (including phenoxy) is 1. The molecule has 6 nitrogen and oxygen atoms in total. The first-order valence-electron chi connectivity index (χ1n) is 7.66. The van der Waals surface area contributed by atoms with Crippen molar-refractivity contribution in [1.29, 1.82) is 0 Å². The third kappa shape index (κ3) is 13.3. The van der Waals surface area contributed by atoms with Crippen molar-refractivity contribution in [1.82, 2.24) is 16.0 Å². The molecule has 0 atom stereocenters. The summed E-state index contributed by atoms with van der Waals surface area (Å²) in [6.07, 6.45) is 1.55. The molecule has 1 amide bonds. The molecule has 0 aromatic heterocycles. The van der Waals surface area contributed by atoms with Crippen LogP contribution in [0.4, 0.5) is 4.79 Å². The molecule has 0 rings (SSSR count). The second-order valence-electron chi connectivity index (χ2n) is 6.39. The summed E-state index contributed by atoms with van der Waals surface area (Å²) >= 11 is 0. The van der Waals surface area contributed by atoms with Crippen molar-refractivity contribution < 1.29 is 9.53 Å². The van der Waals surface area contributed by atoms with E-state index in [0.29, 0.717) is 12.5 Å². The molecule has 0 bridgehead atoms. The second-order valence-corrected chi connectivity index (χ2v) is 6.39. The molecular formula is C15H32N4O2. The molecule has 0 aliphatic carbocycles. The molecule has 0 aromatic carbocycles. The number of carbonyl (C=O) groups excluding carboxylic acids is 1. The van der Waals surface area contributed by atoms with Crippen LogP contribution >= 0.6 is 0 Å². The van der Waals surface area contributed by atoms with E-state index in [4.69, 9.17) is 4.74 Å². The number of carbonyl (C=O) groups is 1. The van der Waals surface area contributed by atoms with Gasteiger partial charge >= 0.3 is 6.09 Å². The number of guanidine groups is 1. The van der Waals surface area contributed by atoms with Crippen molar-refractivity contribution >= 4 is 12.1 Å². The van der Waals surface area contributed by atoms with E-state index in [1.807, 2.05) is 20.8 Å². The van der Waals surface area contributed by atoms with Gasteiger partial charge in [0.15, 0.2) is 5.96 Å². The number of nitrogens with zero attached hydrogens (tertiary/aromatic N) is 1. The lowest BCUT2D eigenvalue weighted by atomic mass is 10.1. The molecule has 0 radical (unpaired) electrons. The molecule has 0 aliphatic rings. The molecule has 21 heavy (non-hydrogen) atoms. The quantitative estimate of drug-likeness (QED) is 0.382. The van der Waals surface area contributed by atoms with Gasteiger partial charge in [-0.25, -0.2) is 4.79 Å². The van der Waals surface area contributed by atoms with Crippen molar-refractivity contribution in [2.45, 2.75) is 53.1 Å². The maximum absolute atomic E-state index is 11.4. The van der Waals surface area contributed by atoms with E-state index in [1.54, 1.807) is 7.05 Å². The predicted octanol–water partition coefficient (Wildman–Crippen LogP) is 2.11. The van der Waals surface area contributed by atoms with E-state index in [9.17, 15) is 4.79 Å². The van der Waals surface area contributed by atoms with Crippen molar-refractivity contribution in [3.05, 3.63) is 0 Å². The monoisotopic (exact) mass is 300 g/mol. The van der Waals surface area contributed by atoms with Crippen LogP contribution in [0.2, 0.25) is 0 Å². The molecule has 6 heteroatoms. The number of hydrogen-bond donors (Lipinski definition) is 3. The highest BCUT2D eigenvalue weighted by atomic mass is 16.6. The van der Waals surface area contributed by atoms with Gasteiger partial charge in [0.05, 0.1) is 0 Å². The first-order chi connectivity index (χ1) is 9.74. The molecule has 0 saturated heterocycles. The lowest BCUT2D eigenvalue weighted by Gasteiger charge is -2.19. The van der Waals surface area contributed by atoms with Gasteiger partial charge in [-0.1, -0.05) is 13.8 Å². The zero-order chi connectivity index (χ0) is 16.3. The molecule has 0 heterocycles. The molecule has 0 aromatic rings. The minimum absolute atomic E-state index is 0.373. The Morgan fingerprint density at radius 1 is 1.10 bits per heavy atom. The van der Waals surface area contributed by atoms with Crippen LogP contribution < -0.4 is 16.0 Å². The summed E-state index contributed by atoms with van der Waals surface area (Å²) in [5.41, 5.74) is -0.454. The fourth-order valence-electron chi connectivity index (χ4n) is 1.50. The van der Waals surface area contributed by atoms with Crippen LogP contribution in [0.5, 0.6) is 0 Å². The molecular weight excluding hydrogens is 268 g/mol. The first kappa shape index (κ1) is 19.5. The minimum Gasteiger partial charge on any atom is -0.444 e. The summed E-state index contributed by atoms with van der Waals surface area (Å²) in [6.45, 7) is 12.2. The van der Waals surface area contributed by atoms with Crippen LogP contribution in [0.3, 0.4) is 0 Å². The van der Waals surface area contributed by atoms with Crippen molar-refractivity contribution in [3.8, 4) is 0 Å². The van der Waals surface area contributed by atoms with Gasteiger partial charge < -0.3 is 20.7 Å². The zero-order valence-corrected chi connectivity index (χ0v) is 14.4. The Bertz CT molecular complexity index is 322. The van der Waals surface area contributed by atoms with Crippen molar-refractivity contribution in [3.63, 3.8) is 0 Å². The van der Waals surface area contributed by atoms with Gasteiger partial charge in [-0.15, -0.1) is 0 Å². The Hall–Kier alpha value is -1.46. The van der Waals surface area contributed by atoms with Crippen LogP contribution in [0.15, 0.2) is 4.99 Å². The van der Waals surface area contributed by atoms with E-state index in [1.165, 1.54) is 0 Å². The second kappa shape index (κ2) is 10.3. The smallest absolute Gasteiger partial charge is 0.407 e. The third-order valence-corrected chi connectivity index (χ3v) is 2.55. The van der Waals surface area contributed by atoms with Crippen LogP contribution in [0.25, 0.3) is 0 Å². The van der Waals surface area contributed by atoms with Gasteiger partial charge in [0, 0.05) is 26.7 Å². The molecule has 124 valence electrons. The summed E-state index contributed by atoms with van der Waals surface area (Å²) in [4.78, 5) is 15.6. The van der Waals surface area contributed by atoms with Gasteiger partial charge in [-0.3, -0.25) is 4.99 Å². The van der Waals surface area contributed by atoms with Gasteiger partial charge in [0.25, 0.3) is 0 Å². The maximum Gasteiger partial charge on any atom is 0.407 e. The van der Waals surface area contributed by atoms with Gasteiger partial charge in [0.2, 0.25) is 0 Å². The van der Waals surface area contributed by atoms with Crippen LogP contribution in [0, 0.1) is 5.92 Å². The predicted molar refractivity (Wildman–Crippen MR) is 87.7 cm³/mol. The lowest BCUT2D eigenvalue weighted by Crippen LogP contribution is -2.39. The standard InChI is InChI=1S/C15H32N4O2/c1-12(2)8-11-18-13(16-6)17-9-7-10-19-14(20)21-15(3,4)5/h12H,7-11H2,1-6H3,(H,19,20)(H2,16,17,18). The SMILES string of the molecule is CN=C(NCCCNC(=O)OC(C)(C)C)NCCC(C)C. The molecule has 0 aliphatic heterocycles. The summed E-state index contributed by atoms with van der Waals surface area (Å²) in [6, 6.07) is 0. The van der Waals surface area contributed by atoms with Crippen molar-refractivity contribution in [2.75, 3.05) is 26.7 Å². The molecule has 3 N–H and O–H groups in total. The highest BCUT2D eigenvalue weighted by Crippen LogP contribution is 2.06. The molecule has 0 saturated carbocycles. The number of hydrogen-bond acceptors (Lipinski definition) is 3.